The van der Waals surface area contributed by atoms with Crippen molar-refractivity contribution in [3.8, 4) is 11.1 Å². The molecule has 1 fully saturated rings. The smallest absolute Gasteiger partial charge is 0.322 e. The van der Waals surface area contributed by atoms with Crippen LogP contribution in [0.2, 0.25) is 0 Å². The lowest BCUT2D eigenvalue weighted by Gasteiger charge is -2.33. The molecule has 3 aromatic rings. The van der Waals surface area contributed by atoms with Crippen LogP contribution in [-0.4, -0.2) is 61.9 Å². The van der Waals surface area contributed by atoms with Crippen LogP contribution in [0.1, 0.15) is 15.9 Å². The van der Waals surface area contributed by atoms with Gasteiger partial charge in [0.25, 0.3) is 5.91 Å². The number of benzene rings is 3. The minimum atomic E-state index is -5.15. The normalized spacial score (nSPS) is 14.7. The Morgan fingerprint density at radius 3 is 2.08 bits per heavy atom. The van der Waals surface area contributed by atoms with Crippen molar-refractivity contribution in [1.82, 2.24) is 15.8 Å². The molecule has 1 aliphatic heterocycles. The zero-order valence-corrected chi connectivity index (χ0v) is 21.8. The third-order valence-electron chi connectivity index (χ3n) is 6.21. The number of carbonyl (C=O) groups is 3. The number of anilines is 1. The van der Waals surface area contributed by atoms with Gasteiger partial charge in [0.15, 0.2) is 9.84 Å². The Bertz CT molecular complexity index is 1480. The fraction of sp³-hybridized carbons (Fsp3) is 0.222. The van der Waals surface area contributed by atoms with Crippen LogP contribution < -0.4 is 15.8 Å². The first-order valence-electron chi connectivity index (χ1n) is 12.1. The molecule has 9 nitrogen and oxygen atoms in total. The van der Waals surface area contributed by atoms with E-state index in [2.05, 4.69) is 0 Å². The van der Waals surface area contributed by atoms with Crippen molar-refractivity contribution in [1.29, 1.82) is 0 Å². The SMILES string of the molecule is O=C(NNC(=O)C(F)(F)F)c1ccc(CN(C(=O)N2CCS(=O)(=O)CC2)c2cccc(-c3ccccc3)c2)cc1. The number of amides is 4. The van der Waals surface area contributed by atoms with E-state index in [4.69, 9.17) is 0 Å². The minimum Gasteiger partial charge on any atom is -0.322 e. The van der Waals surface area contributed by atoms with Crippen LogP contribution in [0.3, 0.4) is 0 Å². The van der Waals surface area contributed by atoms with Crippen molar-refractivity contribution < 1.29 is 36.0 Å². The van der Waals surface area contributed by atoms with Crippen molar-refractivity contribution >= 4 is 33.4 Å². The standard InChI is InChI=1S/C27H25F3N4O5S/c28-27(29,30)25(36)32-31-24(35)21-11-9-19(10-12-21)18-34(26(37)33-13-15-40(38,39)16-14-33)23-8-4-7-22(17-23)20-5-2-1-3-6-20/h1-12,17H,13-16,18H2,(H,31,35)(H,32,36). The van der Waals surface area contributed by atoms with Gasteiger partial charge in [0, 0.05) is 24.3 Å². The summed E-state index contributed by atoms with van der Waals surface area (Å²) in [5.74, 6) is -3.53. The molecule has 2 N–H and O–H groups in total. The van der Waals surface area contributed by atoms with Gasteiger partial charge in [-0.2, -0.15) is 13.2 Å². The summed E-state index contributed by atoms with van der Waals surface area (Å²) in [6.07, 6.45) is -5.15. The molecule has 210 valence electrons. The Morgan fingerprint density at radius 2 is 1.45 bits per heavy atom. The number of sulfone groups is 1. The molecular weight excluding hydrogens is 549 g/mol. The maximum Gasteiger partial charge on any atom is 0.472 e. The fourth-order valence-corrected chi connectivity index (χ4v) is 5.23. The molecule has 1 aliphatic rings. The lowest BCUT2D eigenvalue weighted by Crippen LogP contribution is -2.49. The fourth-order valence-electron chi connectivity index (χ4n) is 4.03. The van der Waals surface area contributed by atoms with Crippen molar-refractivity contribution in [2.45, 2.75) is 12.7 Å². The number of halogens is 3. The van der Waals surface area contributed by atoms with Crippen LogP contribution in [0, 0.1) is 0 Å². The number of hydrazine groups is 1. The summed E-state index contributed by atoms with van der Waals surface area (Å²) in [4.78, 5) is 39.7. The quantitative estimate of drug-likeness (QED) is 0.453. The Kier molecular flexibility index (Phi) is 8.43. The molecular formula is C27H25F3N4O5S. The van der Waals surface area contributed by atoms with E-state index in [-0.39, 0.29) is 36.7 Å². The van der Waals surface area contributed by atoms with Gasteiger partial charge in [-0.1, -0.05) is 54.6 Å². The van der Waals surface area contributed by atoms with E-state index < -0.39 is 33.9 Å². The topological polar surface area (TPSA) is 116 Å². The highest BCUT2D eigenvalue weighted by molar-refractivity contribution is 7.91. The van der Waals surface area contributed by atoms with Crippen LogP contribution in [0.4, 0.5) is 23.7 Å². The van der Waals surface area contributed by atoms with Crippen LogP contribution in [0.25, 0.3) is 11.1 Å². The van der Waals surface area contributed by atoms with E-state index in [9.17, 15) is 36.0 Å². The lowest BCUT2D eigenvalue weighted by atomic mass is 10.0. The van der Waals surface area contributed by atoms with E-state index in [1.807, 2.05) is 42.5 Å². The molecule has 0 radical (unpaired) electrons. The maximum absolute atomic E-state index is 13.6. The number of nitrogens with zero attached hydrogens (tertiary/aromatic N) is 2. The highest BCUT2D eigenvalue weighted by Gasteiger charge is 2.39. The van der Waals surface area contributed by atoms with E-state index >= 15 is 0 Å². The summed E-state index contributed by atoms with van der Waals surface area (Å²) >= 11 is 0. The summed E-state index contributed by atoms with van der Waals surface area (Å²) < 4.78 is 60.9. The highest BCUT2D eigenvalue weighted by atomic mass is 32.2. The number of alkyl halides is 3. The molecule has 1 saturated heterocycles. The minimum absolute atomic E-state index is 0.0172. The number of rotatable bonds is 5. The summed E-state index contributed by atoms with van der Waals surface area (Å²) in [5.41, 5.74) is 5.95. The first-order valence-corrected chi connectivity index (χ1v) is 13.9. The van der Waals surface area contributed by atoms with Gasteiger partial charge in [-0.15, -0.1) is 0 Å². The second-order valence-corrected chi connectivity index (χ2v) is 11.3. The molecule has 40 heavy (non-hydrogen) atoms. The lowest BCUT2D eigenvalue weighted by molar-refractivity contribution is -0.174. The Labute approximate surface area is 228 Å². The predicted octanol–water partition coefficient (Wildman–Crippen LogP) is 3.53. The monoisotopic (exact) mass is 574 g/mol. The van der Waals surface area contributed by atoms with E-state index in [1.54, 1.807) is 17.6 Å². The molecule has 13 heteroatoms. The number of nitrogens with one attached hydrogen (secondary N) is 2. The zero-order chi connectivity index (χ0) is 28.9. The van der Waals surface area contributed by atoms with Gasteiger partial charge in [-0.25, -0.2) is 13.2 Å². The van der Waals surface area contributed by atoms with Crippen LogP contribution in [-0.2, 0) is 21.2 Å². The van der Waals surface area contributed by atoms with Crippen molar-refractivity contribution in [3.63, 3.8) is 0 Å². The van der Waals surface area contributed by atoms with Gasteiger partial charge in [-0.05, 0) is 41.0 Å². The van der Waals surface area contributed by atoms with Crippen LogP contribution in [0.15, 0.2) is 78.9 Å². The Hall–Kier alpha value is -4.39. The number of urea groups is 1. The predicted molar refractivity (Wildman–Crippen MR) is 142 cm³/mol. The summed E-state index contributed by atoms with van der Waals surface area (Å²) in [5, 5.41) is 0. The Morgan fingerprint density at radius 1 is 0.825 bits per heavy atom. The second-order valence-electron chi connectivity index (χ2n) is 9.03. The van der Waals surface area contributed by atoms with E-state index in [0.717, 1.165) is 11.1 Å². The summed E-state index contributed by atoms with van der Waals surface area (Å²) in [6, 6.07) is 22.2. The first kappa shape index (κ1) is 28.6. The third kappa shape index (κ3) is 7.17. The van der Waals surface area contributed by atoms with Gasteiger partial charge in [-0.3, -0.25) is 25.3 Å². The number of hydrogen-bond acceptors (Lipinski definition) is 5. The van der Waals surface area contributed by atoms with Crippen molar-refractivity contribution in [2.24, 2.45) is 0 Å². The van der Waals surface area contributed by atoms with Crippen LogP contribution >= 0.6 is 0 Å². The highest BCUT2D eigenvalue weighted by Crippen LogP contribution is 2.27. The summed E-state index contributed by atoms with van der Waals surface area (Å²) in [7, 11) is -3.21. The van der Waals surface area contributed by atoms with Crippen molar-refractivity contribution in [2.75, 3.05) is 29.5 Å². The number of carbonyl (C=O) groups excluding carboxylic acids is 3. The molecule has 0 atom stereocenters. The maximum atomic E-state index is 13.6. The molecule has 4 amide bonds. The molecule has 0 saturated carbocycles. The average molecular weight is 575 g/mol. The summed E-state index contributed by atoms with van der Waals surface area (Å²) in [6.45, 7) is 0.171. The van der Waals surface area contributed by atoms with Gasteiger partial charge in [0.05, 0.1) is 18.1 Å². The molecule has 3 aromatic carbocycles. The first-order chi connectivity index (χ1) is 18.9. The van der Waals surface area contributed by atoms with Gasteiger partial charge in [0.1, 0.15) is 0 Å². The molecule has 0 aliphatic carbocycles. The second kappa shape index (κ2) is 11.8. The third-order valence-corrected chi connectivity index (χ3v) is 7.82. The van der Waals surface area contributed by atoms with Crippen LogP contribution in [0.5, 0.6) is 0 Å². The van der Waals surface area contributed by atoms with E-state index in [0.29, 0.717) is 11.3 Å². The van der Waals surface area contributed by atoms with Gasteiger partial charge in [0.2, 0.25) is 0 Å². The van der Waals surface area contributed by atoms with Gasteiger partial charge >= 0.3 is 18.1 Å². The van der Waals surface area contributed by atoms with Crippen molar-refractivity contribution in [3.05, 3.63) is 90.0 Å². The largest absolute Gasteiger partial charge is 0.472 e. The number of hydrogen-bond donors (Lipinski definition) is 2. The van der Waals surface area contributed by atoms with Gasteiger partial charge < -0.3 is 4.90 Å². The molecule has 0 unspecified atom stereocenters. The molecule has 1 heterocycles. The van der Waals surface area contributed by atoms with E-state index in [1.165, 1.54) is 39.5 Å². The molecule has 0 bridgehead atoms. The molecule has 4 rings (SSSR count). The molecule has 0 aromatic heterocycles. The Balaban J connectivity index is 1.56. The zero-order valence-electron chi connectivity index (χ0n) is 21.0. The molecule has 0 spiro atoms. The average Bonchev–Trinajstić information content (AvgIpc) is 2.94.